The van der Waals surface area contributed by atoms with E-state index in [4.69, 9.17) is 5.73 Å². The molecule has 0 radical (unpaired) electrons. The molecular formula is C9H12N2O. The molecule has 0 saturated heterocycles. The van der Waals surface area contributed by atoms with E-state index in [0.717, 1.165) is 18.4 Å². The number of rotatable bonds is 2. The summed E-state index contributed by atoms with van der Waals surface area (Å²) in [5, 5.41) is 9.70. The molecule has 1 atom stereocenters. The van der Waals surface area contributed by atoms with Crippen LogP contribution in [-0.2, 0) is 0 Å². The van der Waals surface area contributed by atoms with Crippen LogP contribution in [0.2, 0.25) is 0 Å². The van der Waals surface area contributed by atoms with Crippen LogP contribution in [0.1, 0.15) is 24.4 Å². The summed E-state index contributed by atoms with van der Waals surface area (Å²) >= 11 is 0. The van der Waals surface area contributed by atoms with E-state index in [1.54, 1.807) is 12.4 Å². The second-order valence-corrected chi connectivity index (χ2v) is 3.37. The van der Waals surface area contributed by atoms with Crippen molar-refractivity contribution in [1.82, 2.24) is 4.98 Å². The highest BCUT2D eigenvalue weighted by atomic mass is 16.3. The summed E-state index contributed by atoms with van der Waals surface area (Å²) < 4.78 is 0. The number of aliphatic hydroxyl groups is 1. The third kappa shape index (κ3) is 1.21. The number of aromatic nitrogens is 1. The predicted octanol–water partition coefficient (Wildman–Crippen LogP) is 0.606. The number of hydrogen-bond donors (Lipinski definition) is 2. The molecule has 1 aliphatic carbocycles. The van der Waals surface area contributed by atoms with E-state index in [1.165, 1.54) is 0 Å². The van der Waals surface area contributed by atoms with Crippen molar-refractivity contribution in [3.63, 3.8) is 0 Å². The van der Waals surface area contributed by atoms with Gasteiger partial charge in [-0.05, 0) is 24.5 Å². The van der Waals surface area contributed by atoms with Gasteiger partial charge in [0.2, 0.25) is 0 Å². The molecule has 3 nitrogen and oxygen atoms in total. The van der Waals surface area contributed by atoms with Crippen LogP contribution in [0, 0.1) is 0 Å². The summed E-state index contributed by atoms with van der Waals surface area (Å²) in [4.78, 5) is 3.96. The van der Waals surface area contributed by atoms with Gasteiger partial charge >= 0.3 is 0 Å². The lowest BCUT2D eigenvalue weighted by Gasteiger charge is -2.17. The van der Waals surface area contributed by atoms with E-state index < -0.39 is 5.60 Å². The van der Waals surface area contributed by atoms with Crippen LogP contribution in [0.3, 0.4) is 0 Å². The quantitative estimate of drug-likeness (QED) is 0.673. The lowest BCUT2D eigenvalue weighted by Crippen LogP contribution is -2.27. The Morgan fingerprint density at radius 2 is 2.33 bits per heavy atom. The Morgan fingerprint density at radius 1 is 1.58 bits per heavy atom. The van der Waals surface area contributed by atoms with E-state index >= 15 is 0 Å². The zero-order valence-electron chi connectivity index (χ0n) is 6.77. The van der Waals surface area contributed by atoms with Crippen molar-refractivity contribution in [3.05, 3.63) is 30.1 Å². The predicted molar refractivity (Wildman–Crippen MR) is 45.3 cm³/mol. The van der Waals surface area contributed by atoms with Crippen molar-refractivity contribution in [2.24, 2.45) is 5.73 Å². The third-order valence-corrected chi connectivity index (χ3v) is 2.38. The lowest BCUT2D eigenvalue weighted by molar-refractivity contribution is 0.119. The fourth-order valence-electron chi connectivity index (χ4n) is 1.31. The van der Waals surface area contributed by atoms with Crippen LogP contribution in [0.5, 0.6) is 0 Å². The minimum absolute atomic E-state index is 0.272. The minimum Gasteiger partial charge on any atom is -0.388 e. The molecule has 1 heterocycles. The van der Waals surface area contributed by atoms with Gasteiger partial charge in [-0.15, -0.1) is 0 Å². The van der Waals surface area contributed by atoms with Gasteiger partial charge in [0, 0.05) is 12.4 Å². The van der Waals surface area contributed by atoms with E-state index in [2.05, 4.69) is 4.98 Å². The molecule has 0 aromatic carbocycles. The Morgan fingerprint density at radius 3 is 2.83 bits per heavy atom. The summed E-state index contributed by atoms with van der Waals surface area (Å²) in [5.41, 5.74) is 6.11. The molecule has 64 valence electrons. The van der Waals surface area contributed by atoms with Crippen molar-refractivity contribution in [2.45, 2.75) is 24.5 Å². The first kappa shape index (κ1) is 7.71. The summed E-state index contributed by atoms with van der Waals surface area (Å²) in [5.74, 6) is 0. The molecule has 2 rings (SSSR count). The van der Waals surface area contributed by atoms with Gasteiger partial charge in [0.15, 0.2) is 0 Å². The molecule has 1 aromatic heterocycles. The monoisotopic (exact) mass is 164 g/mol. The normalized spacial score (nSPS) is 21.8. The Balaban J connectivity index is 2.20. The third-order valence-electron chi connectivity index (χ3n) is 2.38. The molecular weight excluding hydrogens is 152 g/mol. The second kappa shape index (κ2) is 2.54. The number of nitrogens with two attached hydrogens (primary N) is 1. The van der Waals surface area contributed by atoms with Crippen LogP contribution in [-0.4, -0.2) is 15.7 Å². The molecule has 1 aromatic rings. The van der Waals surface area contributed by atoms with Gasteiger partial charge in [-0.3, -0.25) is 4.98 Å². The van der Waals surface area contributed by atoms with Crippen LogP contribution in [0.25, 0.3) is 0 Å². The Bertz CT molecular complexity index is 269. The van der Waals surface area contributed by atoms with Crippen LogP contribution in [0.15, 0.2) is 24.5 Å². The van der Waals surface area contributed by atoms with Gasteiger partial charge in [0.25, 0.3) is 0 Å². The average molecular weight is 164 g/mol. The summed E-state index contributed by atoms with van der Waals surface area (Å²) in [6.07, 6.45) is 5.03. The molecule has 1 saturated carbocycles. The highest BCUT2D eigenvalue weighted by molar-refractivity contribution is 5.21. The van der Waals surface area contributed by atoms with Gasteiger partial charge < -0.3 is 10.8 Å². The Labute approximate surface area is 71.2 Å². The van der Waals surface area contributed by atoms with Crippen LogP contribution < -0.4 is 5.73 Å². The van der Waals surface area contributed by atoms with Gasteiger partial charge in [0.1, 0.15) is 0 Å². The largest absolute Gasteiger partial charge is 0.388 e. The van der Waals surface area contributed by atoms with Crippen LogP contribution in [0.4, 0.5) is 0 Å². The first-order chi connectivity index (χ1) is 5.72. The lowest BCUT2D eigenvalue weighted by atomic mass is 10.0. The number of nitrogens with zero attached hydrogens (tertiary/aromatic N) is 1. The minimum atomic E-state index is -0.650. The Kier molecular flexibility index (Phi) is 1.63. The summed E-state index contributed by atoms with van der Waals surface area (Å²) in [6, 6.07) is 3.46. The fourth-order valence-corrected chi connectivity index (χ4v) is 1.31. The molecule has 0 amide bonds. The molecule has 1 unspecified atom stereocenters. The maximum absolute atomic E-state index is 9.70. The van der Waals surface area contributed by atoms with Crippen molar-refractivity contribution in [2.75, 3.05) is 0 Å². The Hall–Kier alpha value is -0.930. The molecule has 1 fully saturated rings. The zero-order valence-corrected chi connectivity index (χ0v) is 6.77. The van der Waals surface area contributed by atoms with Crippen molar-refractivity contribution >= 4 is 0 Å². The number of hydrogen-bond acceptors (Lipinski definition) is 3. The molecule has 1 aliphatic rings. The van der Waals surface area contributed by atoms with Gasteiger partial charge in [-0.1, -0.05) is 6.07 Å². The van der Waals surface area contributed by atoms with E-state index in [0.29, 0.717) is 0 Å². The first-order valence-electron chi connectivity index (χ1n) is 4.10. The highest BCUT2D eigenvalue weighted by Gasteiger charge is 2.46. The summed E-state index contributed by atoms with van der Waals surface area (Å²) in [7, 11) is 0. The second-order valence-electron chi connectivity index (χ2n) is 3.37. The fraction of sp³-hybridized carbons (Fsp3) is 0.444. The smallest absolute Gasteiger partial charge is 0.0842 e. The number of pyridine rings is 1. The molecule has 0 spiro atoms. The molecule has 3 N–H and O–H groups in total. The first-order valence-corrected chi connectivity index (χ1v) is 4.10. The molecule has 3 heteroatoms. The topological polar surface area (TPSA) is 59.1 Å². The standard InChI is InChI=1S/C9H12N2O/c10-8(9(12)3-4-9)7-2-1-5-11-6-7/h1-2,5-6,8,12H,3-4,10H2. The van der Waals surface area contributed by atoms with Crippen molar-refractivity contribution in [1.29, 1.82) is 0 Å². The van der Waals surface area contributed by atoms with Gasteiger partial charge in [0.05, 0.1) is 11.6 Å². The average Bonchev–Trinajstić information content (AvgIpc) is 2.85. The van der Waals surface area contributed by atoms with Crippen molar-refractivity contribution in [3.8, 4) is 0 Å². The molecule has 0 aliphatic heterocycles. The van der Waals surface area contributed by atoms with Crippen molar-refractivity contribution < 1.29 is 5.11 Å². The maximum Gasteiger partial charge on any atom is 0.0842 e. The summed E-state index contributed by atoms with van der Waals surface area (Å²) in [6.45, 7) is 0. The molecule has 0 bridgehead atoms. The molecule has 12 heavy (non-hydrogen) atoms. The zero-order chi connectivity index (χ0) is 8.60. The SMILES string of the molecule is NC(c1cccnc1)C1(O)CC1. The van der Waals surface area contributed by atoms with E-state index in [-0.39, 0.29) is 6.04 Å². The van der Waals surface area contributed by atoms with Crippen LogP contribution >= 0.6 is 0 Å². The van der Waals surface area contributed by atoms with E-state index in [1.807, 2.05) is 12.1 Å². The van der Waals surface area contributed by atoms with E-state index in [9.17, 15) is 5.11 Å². The maximum atomic E-state index is 9.70. The van der Waals surface area contributed by atoms with Gasteiger partial charge in [-0.25, -0.2) is 0 Å². The highest BCUT2D eigenvalue weighted by Crippen LogP contribution is 2.44. The van der Waals surface area contributed by atoms with Gasteiger partial charge in [-0.2, -0.15) is 0 Å².